The first kappa shape index (κ1) is 10.0. The summed E-state index contributed by atoms with van der Waals surface area (Å²) < 4.78 is 0. The van der Waals surface area contributed by atoms with Crippen LogP contribution in [-0.2, 0) is 11.8 Å². The van der Waals surface area contributed by atoms with Gasteiger partial charge in [0.2, 0.25) is 0 Å². The molecule has 0 saturated heterocycles. The third kappa shape index (κ3) is 84.4. The Balaban J connectivity index is 0. The summed E-state index contributed by atoms with van der Waals surface area (Å²) in [7, 11) is 0. The predicted molar refractivity (Wildman–Crippen MR) is 38.0 cm³/mol. The first-order valence-electron chi connectivity index (χ1n) is 0.957. The van der Waals surface area contributed by atoms with E-state index in [1.165, 1.54) is 0 Å². The maximum atomic E-state index is 4.84. The monoisotopic (exact) mass is 145 g/mol. The lowest BCUT2D eigenvalue weighted by molar-refractivity contribution is 1.68. The van der Waals surface area contributed by atoms with Crippen molar-refractivity contribution < 1.29 is 0 Å². The molecule has 3 nitrogen and oxygen atoms in total. The van der Waals surface area contributed by atoms with Gasteiger partial charge in [-0.1, -0.05) is 0 Å². The van der Waals surface area contributed by atoms with Gasteiger partial charge >= 0.3 is 0 Å². The Morgan fingerprint density at radius 3 is 1.17 bits per heavy atom. The van der Waals surface area contributed by atoms with E-state index in [1.54, 1.807) is 0 Å². The molecular weight excluding hydrogens is 136 g/mol. The molecule has 0 aromatic carbocycles. The van der Waals surface area contributed by atoms with Crippen molar-refractivity contribution in [3.63, 3.8) is 0 Å². The van der Waals surface area contributed by atoms with Crippen LogP contribution in [0.1, 0.15) is 0 Å². The first-order valence-corrected chi connectivity index (χ1v) is 3.97. The molecule has 0 aliphatic heterocycles. The van der Waals surface area contributed by atoms with Crippen molar-refractivity contribution in [1.82, 2.24) is 0 Å². The largest absolute Gasteiger partial charge is 0.280 e. The van der Waals surface area contributed by atoms with Crippen LogP contribution < -0.4 is 16.5 Å². The number of hydrogen-bond acceptors (Lipinski definition) is 1. The molecule has 0 fully saturated rings. The molecule has 0 aromatic rings. The summed E-state index contributed by atoms with van der Waals surface area (Å²) >= 11 is 4.27. The molecule has 40 valence electrons. The van der Waals surface area contributed by atoms with Crippen LogP contribution in [-0.4, -0.2) is 0 Å². The Kier molecular flexibility index (Phi) is 5.07. The van der Waals surface area contributed by atoms with E-state index < -0.39 is 6.49 Å². The molecule has 0 aliphatic carbocycles. The SMILES string of the molecule is NP(N)(N)=S.P. The highest BCUT2D eigenvalue weighted by Gasteiger charge is 1.82. The minimum absolute atomic E-state index is 0. The van der Waals surface area contributed by atoms with Crippen molar-refractivity contribution in [3.05, 3.63) is 0 Å². The van der Waals surface area contributed by atoms with E-state index >= 15 is 0 Å². The van der Waals surface area contributed by atoms with Gasteiger partial charge in [0.1, 0.15) is 6.49 Å². The van der Waals surface area contributed by atoms with E-state index in [2.05, 4.69) is 11.8 Å². The van der Waals surface area contributed by atoms with Crippen LogP contribution >= 0.6 is 16.4 Å². The smallest absolute Gasteiger partial charge is 0.129 e. The molecule has 0 bridgehead atoms. The van der Waals surface area contributed by atoms with Crippen LogP contribution in [0.25, 0.3) is 0 Å². The van der Waals surface area contributed by atoms with Crippen molar-refractivity contribution >= 4 is 28.2 Å². The lowest BCUT2D eigenvalue weighted by Crippen LogP contribution is -2.11. The van der Waals surface area contributed by atoms with Crippen molar-refractivity contribution in [2.75, 3.05) is 0 Å². The predicted octanol–water partition coefficient (Wildman–Crippen LogP) is -0.855. The maximum Gasteiger partial charge on any atom is 0.129 e. The van der Waals surface area contributed by atoms with Crippen LogP contribution in [0.5, 0.6) is 0 Å². The highest BCUT2D eigenvalue weighted by atomic mass is 32.4. The number of nitrogens with two attached hydrogens (primary N) is 3. The second kappa shape index (κ2) is 3.03. The van der Waals surface area contributed by atoms with Crippen LogP contribution in [0, 0.1) is 0 Å². The quantitative estimate of drug-likeness (QED) is 0.388. The summed E-state index contributed by atoms with van der Waals surface area (Å²) in [6.07, 6.45) is 0. The van der Waals surface area contributed by atoms with Gasteiger partial charge in [0.25, 0.3) is 0 Å². The highest BCUT2D eigenvalue weighted by Crippen LogP contribution is 2.07. The molecule has 1 atom stereocenters. The van der Waals surface area contributed by atoms with Crippen LogP contribution in [0.2, 0.25) is 0 Å². The first-order chi connectivity index (χ1) is 2.00. The van der Waals surface area contributed by atoms with E-state index in [-0.39, 0.29) is 9.90 Å². The molecule has 0 aliphatic rings. The fourth-order valence-corrected chi connectivity index (χ4v) is 0. The zero-order valence-electron chi connectivity index (χ0n) is 3.29. The molecule has 0 saturated carbocycles. The lowest BCUT2D eigenvalue weighted by Gasteiger charge is -1.94. The molecule has 0 heterocycles. The molecular formula is H9N3P2S. The van der Waals surface area contributed by atoms with Gasteiger partial charge in [-0.2, -0.15) is 9.90 Å². The van der Waals surface area contributed by atoms with Crippen LogP contribution in [0.3, 0.4) is 0 Å². The van der Waals surface area contributed by atoms with Crippen molar-refractivity contribution in [2.45, 2.75) is 0 Å². The molecule has 0 rings (SSSR count). The van der Waals surface area contributed by atoms with Crippen molar-refractivity contribution in [3.8, 4) is 0 Å². The van der Waals surface area contributed by atoms with Gasteiger partial charge in [0.15, 0.2) is 0 Å². The fraction of sp³-hybridized carbons (Fsp3) is 0. The summed E-state index contributed by atoms with van der Waals surface area (Å²) in [6.45, 7) is -2.31. The maximum absolute atomic E-state index is 4.84. The molecule has 0 amide bonds. The molecule has 1 unspecified atom stereocenters. The molecule has 6 heteroatoms. The minimum atomic E-state index is -2.31. The van der Waals surface area contributed by atoms with Gasteiger partial charge in [-0.05, 0) is 11.8 Å². The Morgan fingerprint density at radius 1 is 1.17 bits per heavy atom. The molecule has 0 spiro atoms. The Labute approximate surface area is 45.4 Å². The summed E-state index contributed by atoms with van der Waals surface area (Å²) in [6, 6.07) is 0. The zero-order valence-corrected chi connectivity index (χ0v) is 6.42. The summed E-state index contributed by atoms with van der Waals surface area (Å²) in [5.74, 6) is 0. The van der Waals surface area contributed by atoms with Gasteiger partial charge in [-0.3, -0.25) is 16.5 Å². The van der Waals surface area contributed by atoms with E-state index in [0.717, 1.165) is 0 Å². The molecule has 0 radical (unpaired) electrons. The van der Waals surface area contributed by atoms with Gasteiger partial charge in [0, 0.05) is 0 Å². The summed E-state index contributed by atoms with van der Waals surface area (Å²) in [5, 5.41) is 0. The van der Waals surface area contributed by atoms with E-state index in [4.69, 9.17) is 16.5 Å². The minimum Gasteiger partial charge on any atom is -0.280 e. The fourth-order valence-electron chi connectivity index (χ4n) is 0. The second-order valence-corrected chi connectivity index (χ2v) is 4.19. The molecule has 0 aromatic heterocycles. The van der Waals surface area contributed by atoms with Gasteiger partial charge in [-0.25, -0.2) is 0 Å². The third-order valence-corrected chi connectivity index (χ3v) is 0. The Hall–Kier alpha value is 0.960. The van der Waals surface area contributed by atoms with Crippen molar-refractivity contribution in [2.24, 2.45) is 16.5 Å². The normalized spacial score (nSPS) is 9.83. The average molecular weight is 145 g/mol. The molecule has 6 N–H and O–H groups in total. The van der Waals surface area contributed by atoms with Gasteiger partial charge in [0.05, 0.1) is 0 Å². The van der Waals surface area contributed by atoms with Crippen LogP contribution in [0.15, 0.2) is 0 Å². The Bertz CT molecular complexity index is 54.9. The van der Waals surface area contributed by atoms with Gasteiger partial charge < -0.3 is 0 Å². The average Bonchev–Trinajstić information content (AvgIpc) is 0.722. The van der Waals surface area contributed by atoms with Crippen LogP contribution in [0.4, 0.5) is 0 Å². The summed E-state index contributed by atoms with van der Waals surface area (Å²) in [4.78, 5) is 0. The number of rotatable bonds is 0. The standard InChI is InChI=1S/H6N3PS.H3P/c1-4(2,3)5;/h(H6,1,2,3,5);1H3. The van der Waals surface area contributed by atoms with Crippen molar-refractivity contribution in [1.29, 1.82) is 0 Å². The lowest BCUT2D eigenvalue weighted by atomic mass is 13.8. The zero-order chi connectivity index (χ0) is 4.50. The highest BCUT2D eigenvalue weighted by molar-refractivity contribution is 8.11. The van der Waals surface area contributed by atoms with E-state index in [9.17, 15) is 0 Å². The summed E-state index contributed by atoms with van der Waals surface area (Å²) in [5.41, 5.74) is 14.5. The topological polar surface area (TPSA) is 78.1 Å². The third-order valence-electron chi connectivity index (χ3n) is 0. The Morgan fingerprint density at radius 2 is 1.17 bits per heavy atom. The van der Waals surface area contributed by atoms with Gasteiger partial charge in [-0.15, -0.1) is 0 Å². The number of hydrogen-bond donors (Lipinski definition) is 3. The van der Waals surface area contributed by atoms with E-state index in [1.807, 2.05) is 0 Å². The molecule has 6 heavy (non-hydrogen) atoms. The van der Waals surface area contributed by atoms with E-state index in [0.29, 0.717) is 0 Å². The second-order valence-electron chi connectivity index (χ2n) is 0.763.